The van der Waals surface area contributed by atoms with Crippen LogP contribution in [0.1, 0.15) is 10.7 Å². The van der Waals surface area contributed by atoms with E-state index in [-0.39, 0.29) is 5.56 Å². The zero-order valence-electron chi connectivity index (χ0n) is 12.7. The van der Waals surface area contributed by atoms with Crippen LogP contribution in [0.15, 0.2) is 32.8 Å². The second kappa shape index (κ2) is 6.96. The van der Waals surface area contributed by atoms with Gasteiger partial charge in [-0.25, -0.2) is 4.98 Å². The average molecular weight is 428 g/mol. The summed E-state index contributed by atoms with van der Waals surface area (Å²) >= 11 is 11.2. The van der Waals surface area contributed by atoms with Crippen molar-refractivity contribution in [3.8, 4) is 11.5 Å². The molecule has 1 N–H and O–H groups in total. The number of H-pyrrole nitrogens is 1. The molecular formula is C16H12BrClN2O3S. The summed E-state index contributed by atoms with van der Waals surface area (Å²) in [6.07, 6.45) is 1.75. The predicted octanol–water partition coefficient (Wildman–Crippen LogP) is 4.50. The van der Waals surface area contributed by atoms with Crippen molar-refractivity contribution in [2.24, 2.45) is 0 Å². The number of fused-ring (bicyclic) bond motifs is 1. The second-order valence-electron chi connectivity index (χ2n) is 4.80. The maximum atomic E-state index is 12.3. The summed E-state index contributed by atoms with van der Waals surface area (Å²) in [5, 5.41) is 2.70. The summed E-state index contributed by atoms with van der Waals surface area (Å²) in [5.74, 6) is 1.26. The Morgan fingerprint density at radius 3 is 2.62 bits per heavy atom. The highest BCUT2D eigenvalue weighted by atomic mass is 79.9. The number of hydrogen-bond acceptors (Lipinski definition) is 5. The van der Waals surface area contributed by atoms with Gasteiger partial charge in [-0.3, -0.25) is 4.79 Å². The monoisotopic (exact) mass is 426 g/mol. The lowest BCUT2D eigenvalue weighted by molar-refractivity contribution is 0.355. The summed E-state index contributed by atoms with van der Waals surface area (Å²) in [7, 11) is 3.04. The summed E-state index contributed by atoms with van der Waals surface area (Å²) in [4.78, 5) is 20.4. The smallest absolute Gasteiger partial charge is 0.259 e. The Morgan fingerprint density at radius 2 is 2.00 bits per heavy atom. The van der Waals surface area contributed by atoms with E-state index in [1.807, 2.05) is 11.4 Å². The van der Waals surface area contributed by atoms with Crippen molar-refractivity contribution in [2.75, 3.05) is 14.2 Å². The SMILES string of the molecule is COc1cc2nc(/C(Cl)=C/c3cc(Br)cs3)[nH]c(=O)c2cc1OC. The average Bonchev–Trinajstić information content (AvgIpc) is 2.98. The minimum Gasteiger partial charge on any atom is -0.493 e. The fourth-order valence-corrected chi connectivity index (χ4v) is 3.82. The van der Waals surface area contributed by atoms with E-state index in [4.69, 9.17) is 21.1 Å². The highest BCUT2D eigenvalue weighted by Gasteiger charge is 2.12. The highest BCUT2D eigenvalue weighted by Crippen LogP contribution is 2.31. The molecule has 0 radical (unpaired) electrons. The zero-order valence-corrected chi connectivity index (χ0v) is 15.9. The Kier molecular flexibility index (Phi) is 4.93. The summed E-state index contributed by atoms with van der Waals surface area (Å²) in [6.45, 7) is 0. The van der Waals surface area contributed by atoms with Gasteiger partial charge in [0.25, 0.3) is 5.56 Å². The number of halogens is 2. The van der Waals surface area contributed by atoms with Crippen molar-refractivity contribution in [3.63, 3.8) is 0 Å². The van der Waals surface area contributed by atoms with Crippen LogP contribution in [0.5, 0.6) is 11.5 Å². The van der Waals surface area contributed by atoms with Crippen LogP contribution in [-0.4, -0.2) is 24.2 Å². The summed E-state index contributed by atoms with van der Waals surface area (Å²) in [6, 6.07) is 5.18. The molecule has 0 bridgehead atoms. The van der Waals surface area contributed by atoms with Crippen molar-refractivity contribution >= 4 is 60.9 Å². The Hall–Kier alpha value is -1.83. The molecule has 124 valence electrons. The number of benzene rings is 1. The summed E-state index contributed by atoms with van der Waals surface area (Å²) < 4.78 is 11.4. The first-order valence-corrected chi connectivity index (χ1v) is 8.84. The van der Waals surface area contributed by atoms with Crippen LogP contribution in [-0.2, 0) is 0 Å². The molecule has 0 spiro atoms. The third-order valence-electron chi connectivity index (χ3n) is 3.29. The number of thiophene rings is 1. The van der Waals surface area contributed by atoms with Crippen LogP contribution in [0.3, 0.4) is 0 Å². The third kappa shape index (κ3) is 3.33. The number of nitrogens with one attached hydrogen (secondary N) is 1. The maximum Gasteiger partial charge on any atom is 0.259 e. The first-order chi connectivity index (χ1) is 11.5. The molecule has 2 heterocycles. The van der Waals surface area contributed by atoms with E-state index in [9.17, 15) is 4.79 Å². The molecule has 0 fully saturated rings. The number of aromatic amines is 1. The molecule has 0 saturated heterocycles. The van der Waals surface area contributed by atoms with Gasteiger partial charge in [0.2, 0.25) is 0 Å². The molecule has 3 rings (SSSR count). The second-order valence-corrected chi connectivity index (χ2v) is 7.06. The van der Waals surface area contributed by atoms with Crippen LogP contribution < -0.4 is 15.0 Å². The molecule has 0 aliphatic carbocycles. The van der Waals surface area contributed by atoms with Crippen LogP contribution >= 0.6 is 38.9 Å². The van der Waals surface area contributed by atoms with E-state index in [0.29, 0.717) is 33.3 Å². The molecule has 0 aliphatic heterocycles. The fourth-order valence-electron chi connectivity index (χ4n) is 2.18. The van der Waals surface area contributed by atoms with E-state index in [1.165, 1.54) is 25.6 Å². The van der Waals surface area contributed by atoms with Gasteiger partial charge in [-0.15, -0.1) is 11.3 Å². The molecule has 1 aromatic carbocycles. The van der Waals surface area contributed by atoms with Gasteiger partial charge < -0.3 is 14.5 Å². The van der Waals surface area contributed by atoms with Gasteiger partial charge in [-0.1, -0.05) is 11.6 Å². The van der Waals surface area contributed by atoms with Gasteiger partial charge in [0.1, 0.15) is 0 Å². The van der Waals surface area contributed by atoms with E-state index in [0.717, 1.165) is 9.35 Å². The van der Waals surface area contributed by atoms with Gasteiger partial charge in [0, 0.05) is 20.8 Å². The molecule has 3 aromatic rings. The predicted molar refractivity (Wildman–Crippen MR) is 101 cm³/mol. The van der Waals surface area contributed by atoms with Gasteiger partial charge in [-0.05, 0) is 34.1 Å². The Balaban J connectivity index is 2.13. The van der Waals surface area contributed by atoms with E-state index >= 15 is 0 Å². The normalized spacial score (nSPS) is 11.8. The Morgan fingerprint density at radius 1 is 1.29 bits per heavy atom. The lowest BCUT2D eigenvalue weighted by atomic mass is 10.2. The number of hydrogen-bond donors (Lipinski definition) is 1. The minimum absolute atomic E-state index is 0.296. The van der Waals surface area contributed by atoms with E-state index in [2.05, 4.69) is 25.9 Å². The van der Waals surface area contributed by atoms with Crippen LogP contribution in [0, 0.1) is 0 Å². The molecule has 24 heavy (non-hydrogen) atoms. The number of methoxy groups -OCH3 is 2. The molecule has 8 heteroatoms. The lowest BCUT2D eigenvalue weighted by Gasteiger charge is -2.09. The summed E-state index contributed by atoms with van der Waals surface area (Å²) in [5.41, 5.74) is 0.181. The topological polar surface area (TPSA) is 64.2 Å². The molecule has 5 nitrogen and oxygen atoms in total. The van der Waals surface area contributed by atoms with Crippen molar-refractivity contribution in [3.05, 3.63) is 49.1 Å². The molecule has 2 aromatic heterocycles. The highest BCUT2D eigenvalue weighted by molar-refractivity contribution is 9.10. The van der Waals surface area contributed by atoms with Crippen molar-refractivity contribution < 1.29 is 9.47 Å². The molecule has 0 aliphatic rings. The molecule has 0 atom stereocenters. The number of ether oxygens (including phenoxy) is 2. The van der Waals surface area contributed by atoms with Crippen molar-refractivity contribution in [2.45, 2.75) is 0 Å². The van der Waals surface area contributed by atoms with E-state index in [1.54, 1.807) is 18.2 Å². The number of rotatable bonds is 4. The number of nitrogens with zero attached hydrogens (tertiary/aromatic N) is 1. The van der Waals surface area contributed by atoms with Crippen molar-refractivity contribution in [1.29, 1.82) is 0 Å². The molecule has 0 unspecified atom stereocenters. The minimum atomic E-state index is -0.296. The van der Waals surface area contributed by atoms with Gasteiger partial charge in [-0.2, -0.15) is 0 Å². The van der Waals surface area contributed by atoms with Crippen LogP contribution in [0.2, 0.25) is 0 Å². The Bertz CT molecular complexity index is 997. The fraction of sp³-hybridized carbons (Fsp3) is 0.125. The Labute approximate surface area is 155 Å². The van der Waals surface area contributed by atoms with E-state index < -0.39 is 0 Å². The quantitative estimate of drug-likeness (QED) is 0.666. The maximum absolute atomic E-state index is 12.3. The molecule has 0 saturated carbocycles. The molecule has 0 amide bonds. The van der Waals surface area contributed by atoms with Crippen molar-refractivity contribution in [1.82, 2.24) is 9.97 Å². The van der Waals surface area contributed by atoms with Crippen LogP contribution in [0.4, 0.5) is 0 Å². The number of aromatic nitrogens is 2. The van der Waals surface area contributed by atoms with Gasteiger partial charge >= 0.3 is 0 Å². The standard InChI is InChI=1S/C16H12BrClN2O3S/c1-22-13-5-10-12(6-14(13)23-2)19-15(20-16(10)21)11(18)4-9-3-8(17)7-24-9/h3-7H,1-2H3,(H,19,20,21)/b11-4-. The van der Waals surface area contributed by atoms with Gasteiger partial charge in [0.05, 0.1) is 30.2 Å². The first kappa shape index (κ1) is 17.0. The van der Waals surface area contributed by atoms with Gasteiger partial charge in [0.15, 0.2) is 17.3 Å². The third-order valence-corrected chi connectivity index (χ3v) is 5.22. The first-order valence-electron chi connectivity index (χ1n) is 6.79. The zero-order chi connectivity index (χ0) is 17.3. The molecular weight excluding hydrogens is 416 g/mol. The lowest BCUT2D eigenvalue weighted by Crippen LogP contribution is -2.11. The van der Waals surface area contributed by atoms with Crippen LogP contribution in [0.25, 0.3) is 22.0 Å². The largest absolute Gasteiger partial charge is 0.493 e.